The van der Waals surface area contributed by atoms with Crippen molar-refractivity contribution in [2.24, 2.45) is 7.05 Å². The van der Waals surface area contributed by atoms with Crippen LogP contribution in [-0.2, 0) is 16.6 Å². The molecule has 0 bridgehead atoms. The molecule has 1 aliphatic heterocycles. The highest BCUT2D eigenvalue weighted by atomic mass is 16.5. The smallest absolute Gasteiger partial charge is 0.328 e. The molecule has 0 radical (unpaired) electrons. The Morgan fingerprint density at radius 2 is 1.80 bits per heavy atom. The number of hydrogen-bond acceptors (Lipinski definition) is 6. The Kier molecular flexibility index (Phi) is 8.64. The molecule has 238 valence electrons. The second-order valence-electron chi connectivity index (χ2n) is 12.4. The van der Waals surface area contributed by atoms with Gasteiger partial charge in [-0.15, -0.1) is 0 Å². The number of carbonyl (C=O) groups excluding carboxylic acids is 2. The maximum atomic E-state index is 13.9. The molecule has 0 spiro atoms. The van der Waals surface area contributed by atoms with Crippen LogP contribution in [0.4, 0.5) is 5.69 Å². The maximum absolute atomic E-state index is 13.9. The summed E-state index contributed by atoms with van der Waals surface area (Å²) in [6.07, 6.45) is 9.52. The van der Waals surface area contributed by atoms with Crippen molar-refractivity contribution in [2.75, 3.05) is 32.6 Å². The minimum Gasteiger partial charge on any atom is -0.481 e. The zero-order valence-electron chi connectivity index (χ0n) is 26.4. The molecule has 2 aromatic heterocycles. The number of nitrogens with one attached hydrogen (secondary N) is 2. The van der Waals surface area contributed by atoms with Crippen LogP contribution in [0.5, 0.6) is 5.88 Å². The standard InChI is InChI=1S/C36H39N5O5/c1-40-19-18-36(22-40,35(45)38-27-13-8-23(9-14-27)10-17-31(42)43)39-34(44)25-11-15-28-29(20-25)41(2)33(32(28)24-6-4-5-7-24)26-12-16-30(46-3)37-21-26/h8-17,20-21,24H,4-7,18-19,22H2,1-3H3,(H,38,45)(H,39,44)(H,42,43)/b17-10+/t36-/m0/s1. The molecule has 10 nitrogen and oxygen atoms in total. The number of likely N-dealkylation sites (N-methyl/N-ethyl adjacent to an activating group) is 1. The maximum Gasteiger partial charge on any atom is 0.328 e. The SMILES string of the molecule is COc1ccc(-c2c(C3CCCC3)c3ccc(C(=O)N[C@@]4(C(=O)Nc5ccc(/C=C/C(=O)O)cc5)CCN(C)C4)cc3n2C)cn1. The van der Waals surface area contributed by atoms with E-state index in [1.165, 1.54) is 24.5 Å². The quantitative estimate of drug-likeness (QED) is 0.212. The van der Waals surface area contributed by atoms with Crippen LogP contribution in [0.2, 0.25) is 0 Å². The van der Waals surface area contributed by atoms with Gasteiger partial charge in [0, 0.05) is 66.2 Å². The average Bonchev–Trinajstić information content (AvgIpc) is 3.79. The summed E-state index contributed by atoms with van der Waals surface area (Å²) in [5, 5.41) is 16.1. The van der Waals surface area contributed by atoms with E-state index in [0.717, 1.165) is 41.1 Å². The third kappa shape index (κ3) is 6.12. The number of carboxylic acids is 1. The van der Waals surface area contributed by atoms with E-state index in [1.807, 2.05) is 55.5 Å². The fourth-order valence-corrected chi connectivity index (χ4v) is 6.95. The lowest BCUT2D eigenvalue weighted by molar-refractivity contribution is -0.131. The number of carboxylic acid groups (broad SMARTS) is 1. The first-order chi connectivity index (χ1) is 22.2. The zero-order chi connectivity index (χ0) is 32.4. The van der Waals surface area contributed by atoms with Crippen LogP contribution in [0.25, 0.3) is 28.2 Å². The number of anilines is 1. The molecule has 46 heavy (non-hydrogen) atoms. The summed E-state index contributed by atoms with van der Waals surface area (Å²) in [6.45, 7) is 1.03. The van der Waals surface area contributed by atoms with Crippen LogP contribution in [0.1, 0.15) is 59.5 Å². The lowest BCUT2D eigenvalue weighted by Gasteiger charge is -2.29. The lowest BCUT2D eigenvalue weighted by atomic mass is 9.92. The number of methoxy groups -OCH3 is 1. The first kappa shape index (κ1) is 31.0. The van der Waals surface area contributed by atoms with E-state index in [2.05, 4.69) is 20.2 Å². The number of benzene rings is 2. The number of fused-ring (bicyclic) bond motifs is 1. The van der Waals surface area contributed by atoms with Crippen molar-refractivity contribution in [2.45, 2.75) is 43.6 Å². The number of aromatic nitrogens is 2. The molecular weight excluding hydrogens is 582 g/mol. The molecule has 2 aromatic carbocycles. The minimum absolute atomic E-state index is 0.295. The summed E-state index contributed by atoms with van der Waals surface area (Å²) in [5.74, 6) is -0.640. The molecule has 1 atom stereocenters. The van der Waals surface area contributed by atoms with Gasteiger partial charge in [0.25, 0.3) is 11.8 Å². The van der Waals surface area contributed by atoms with E-state index < -0.39 is 11.5 Å². The van der Waals surface area contributed by atoms with Crippen LogP contribution >= 0.6 is 0 Å². The highest BCUT2D eigenvalue weighted by Crippen LogP contribution is 2.44. The first-order valence-electron chi connectivity index (χ1n) is 15.6. The van der Waals surface area contributed by atoms with Crippen LogP contribution in [0.3, 0.4) is 0 Å². The Bertz CT molecular complexity index is 1810. The van der Waals surface area contributed by atoms with Gasteiger partial charge in [-0.3, -0.25) is 9.59 Å². The molecule has 1 aliphatic carbocycles. The number of amides is 2. The number of likely N-dealkylation sites (tertiary alicyclic amines) is 1. The molecule has 2 fully saturated rings. The fraction of sp³-hybridized carbons (Fsp3) is 0.333. The summed E-state index contributed by atoms with van der Waals surface area (Å²) >= 11 is 0. The Hall–Kier alpha value is -4.96. The monoisotopic (exact) mass is 621 g/mol. The van der Waals surface area contributed by atoms with E-state index in [9.17, 15) is 14.4 Å². The number of pyridine rings is 1. The highest BCUT2D eigenvalue weighted by Gasteiger charge is 2.45. The van der Waals surface area contributed by atoms with Crippen molar-refractivity contribution in [1.82, 2.24) is 19.8 Å². The Labute approximate surface area is 268 Å². The van der Waals surface area contributed by atoms with Crippen molar-refractivity contribution >= 4 is 40.4 Å². The molecule has 0 unspecified atom stereocenters. The molecular formula is C36H39N5O5. The number of carbonyl (C=O) groups is 3. The van der Waals surface area contributed by atoms with Gasteiger partial charge in [0.05, 0.1) is 12.8 Å². The van der Waals surface area contributed by atoms with Gasteiger partial charge in [0.1, 0.15) is 5.54 Å². The van der Waals surface area contributed by atoms with E-state index in [0.29, 0.717) is 48.1 Å². The Balaban J connectivity index is 1.29. The van der Waals surface area contributed by atoms with Crippen molar-refractivity contribution in [3.05, 3.63) is 83.6 Å². The van der Waals surface area contributed by atoms with Crippen LogP contribution < -0.4 is 15.4 Å². The summed E-state index contributed by atoms with van der Waals surface area (Å²) < 4.78 is 7.45. The fourth-order valence-electron chi connectivity index (χ4n) is 6.95. The van der Waals surface area contributed by atoms with Gasteiger partial charge in [0.2, 0.25) is 5.88 Å². The number of nitrogens with zero attached hydrogens (tertiary/aromatic N) is 3. The van der Waals surface area contributed by atoms with Crippen molar-refractivity contribution in [3.63, 3.8) is 0 Å². The molecule has 2 aliphatic rings. The molecule has 3 N–H and O–H groups in total. The van der Waals surface area contributed by atoms with Gasteiger partial charge in [-0.25, -0.2) is 9.78 Å². The van der Waals surface area contributed by atoms with Crippen molar-refractivity contribution < 1.29 is 24.2 Å². The molecule has 3 heterocycles. The summed E-state index contributed by atoms with van der Waals surface area (Å²) in [6, 6.07) is 16.6. The van der Waals surface area contributed by atoms with Crippen LogP contribution in [0.15, 0.2) is 66.9 Å². The van der Waals surface area contributed by atoms with E-state index in [1.54, 1.807) is 31.4 Å². The van der Waals surface area contributed by atoms with Gasteiger partial charge in [-0.2, -0.15) is 0 Å². The molecule has 10 heteroatoms. The van der Waals surface area contributed by atoms with Crippen LogP contribution in [0, 0.1) is 0 Å². The lowest BCUT2D eigenvalue weighted by Crippen LogP contribution is -2.58. The summed E-state index contributed by atoms with van der Waals surface area (Å²) in [7, 11) is 5.57. The summed E-state index contributed by atoms with van der Waals surface area (Å²) in [4.78, 5) is 45.0. The van der Waals surface area contributed by atoms with Crippen molar-refractivity contribution in [1.29, 1.82) is 0 Å². The Morgan fingerprint density at radius 3 is 2.43 bits per heavy atom. The van der Waals surface area contributed by atoms with E-state index in [-0.39, 0.29) is 11.8 Å². The van der Waals surface area contributed by atoms with Gasteiger partial charge < -0.3 is 29.9 Å². The zero-order valence-corrected chi connectivity index (χ0v) is 26.4. The largest absolute Gasteiger partial charge is 0.481 e. The van der Waals surface area contributed by atoms with Crippen LogP contribution in [-0.4, -0.2) is 70.1 Å². The van der Waals surface area contributed by atoms with Crippen molar-refractivity contribution in [3.8, 4) is 17.1 Å². The van der Waals surface area contributed by atoms with Gasteiger partial charge in [-0.05, 0) is 79.8 Å². The van der Waals surface area contributed by atoms with E-state index >= 15 is 0 Å². The van der Waals surface area contributed by atoms with Gasteiger partial charge in [-0.1, -0.05) is 31.0 Å². The number of aryl methyl sites for hydroxylation is 1. The predicted octanol–water partition coefficient (Wildman–Crippen LogP) is 5.45. The molecule has 2 amide bonds. The predicted molar refractivity (Wildman–Crippen MR) is 178 cm³/mol. The number of rotatable bonds is 9. The van der Waals surface area contributed by atoms with Gasteiger partial charge >= 0.3 is 5.97 Å². The summed E-state index contributed by atoms with van der Waals surface area (Å²) in [5.41, 5.74) is 4.99. The number of ether oxygens (including phenoxy) is 1. The topological polar surface area (TPSA) is 126 Å². The molecule has 6 rings (SSSR count). The number of aliphatic carboxylic acids is 1. The normalized spacial score (nSPS) is 18.8. The second-order valence-corrected chi connectivity index (χ2v) is 12.4. The third-order valence-corrected chi connectivity index (χ3v) is 9.32. The number of hydrogen-bond donors (Lipinski definition) is 3. The van der Waals surface area contributed by atoms with Gasteiger partial charge in [0.15, 0.2) is 0 Å². The first-order valence-corrected chi connectivity index (χ1v) is 15.6. The van der Waals surface area contributed by atoms with E-state index in [4.69, 9.17) is 9.84 Å². The molecule has 1 saturated heterocycles. The highest BCUT2D eigenvalue weighted by molar-refractivity contribution is 6.06. The molecule has 1 saturated carbocycles. The second kappa shape index (κ2) is 12.8. The average molecular weight is 622 g/mol. The third-order valence-electron chi connectivity index (χ3n) is 9.32. The minimum atomic E-state index is -1.12. The Morgan fingerprint density at radius 1 is 1.04 bits per heavy atom. The molecule has 4 aromatic rings.